The predicted molar refractivity (Wildman–Crippen MR) is 62.3 cm³/mol. The minimum Gasteiger partial charge on any atom is -0.294 e. The summed E-state index contributed by atoms with van der Waals surface area (Å²) in [5, 5.41) is 0.590. The molecule has 1 aliphatic carbocycles. The number of ketones is 1. The number of carbonyl (C=O) groups excluding carboxylic acids is 1. The molecule has 3 rings (SSSR count). The Morgan fingerprint density at radius 3 is 2.71 bits per heavy atom. The molecular formula is C13H8F2OS. The van der Waals surface area contributed by atoms with E-state index in [4.69, 9.17) is 0 Å². The van der Waals surface area contributed by atoms with E-state index in [2.05, 4.69) is 0 Å². The fraction of sp³-hybridized carbons (Fsp3) is 0.154. The van der Waals surface area contributed by atoms with Crippen molar-refractivity contribution < 1.29 is 13.6 Å². The molecule has 1 aromatic heterocycles. The van der Waals surface area contributed by atoms with Crippen LogP contribution in [0, 0.1) is 10.9 Å². The van der Waals surface area contributed by atoms with Gasteiger partial charge in [0, 0.05) is 17.4 Å². The Bertz CT molecular complexity index is 596. The largest absolute Gasteiger partial charge is 0.294 e. The van der Waals surface area contributed by atoms with Gasteiger partial charge < -0.3 is 0 Å². The van der Waals surface area contributed by atoms with Gasteiger partial charge in [-0.05, 0) is 23.6 Å². The van der Waals surface area contributed by atoms with Crippen molar-refractivity contribution >= 4 is 17.1 Å². The van der Waals surface area contributed by atoms with Gasteiger partial charge in [-0.15, -0.1) is 11.3 Å². The van der Waals surface area contributed by atoms with Gasteiger partial charge in [-0.3, -0.25) is 4.79 Å². The Hall–Kier alpha value is -1.55. The third-order valence-electron chi connectivity index (χ3n) is 3.02. The maximum Gasteiger partial charge on any atom is 0.187 e. The number of Topliss-reactive ketones (excluding diaryl/α,β-unsaturated/α-hetero) is 1. The zero-order valence-corrected chi connectivity index (χ0v) is 9.61. The number of carbonyl (C=O) groups is 1. The predicted octanol–water partition coefficient (Wildman–Crippen LogP) is 3.82. The molecule has 0 saturated heterocycles. The maximum atomic E-state index is 13.4. The van der Waals surface area contributed by atoms with Gasteiger partial charge >= 0.3 is 0 Å². The van der Waals surface area contributed by atoms with Gasteiger partial charge in [0.05, 0.1) is 5.56 Å². The van der Waals surface area contributed by atoms with Crippen molar-refractivity contribution in [2.75, 3.05) is 0 Å². The Labute approximate surface area is 101 Å². The van der Waals surface area contributed by atoms with Gasteiger partial charge in [-0.2, -0.15) is 4.39 Å². The van der Waals surface area contributed by atoms with Crippen LogP contribution in [0.1, 0.15) is 22.3 Å². The molecule has 1 aliphatic rings. The van der Waals surface area contributed by atoms with Gasteiger partial charge in [0.25, 0.3) is 0 Å². The molecule has 86 valence electrons. The molecule has 1 nitrogen and oxygen atoms in total. The summed E-state index contributed by atoms with van der Waals surface area (Å²) < 4.78 is 26.9. The van der Waals surface area contributed by atoms with Gasteiger partial charge in [0.15, 0.2) is 10.9 Å². The highest BCUT2D eigenvalue weighted by molar-refractivity contribution is 7.08. The van der Waals surface area contributed by atoms with E-state index in [0.717, 1.165) is 28.7 Å². The second-order valence-corrected chi connectivity index (χ2v) is 4.86. The molecule has 0 amide bonds. The van der Waals surface area contributed by atoms with E-state index < -0.39 is 10.9 Å². The van der Waals surface area contributed by atoms with Crippen molar-refractivity contribution in [3.05, 3.63) is 45.7 Å². The van der Waals surface area contributed by atoms with Crippen LogP contribution < -0.4 is 0 Å². The molecule has 0 fully saturated rings. The number of hydrogen-bond donors (Lipinski definition) is 0. The molecule has 0 atom stereocenters. The Balaban J connectivity index is 2.18. The maximum absolute atomic E-state index is 13.4. The lowest BCUT2D eigenvalue weighted by Gasteiger charge is -2.03. The number of rotatable bonds is 1. The van der Waals surface area contributed by atoms with Crippen molar-refractivity contribution in [1.82, 2.24) is 0 Å². The summed E-state index contributed by atoms with van der Waals surface area (Å²) in [7, 11) is 0. The van der Waals surface area contributed by atoms with Gasteiger partial charge in [-0.25, -0.2) is 4.39 Å². The third-order valence-corrected chi connectivity index (χ3v) is 3.76. The molecule has 0 spiro atoms. The summed E-state index contributed by atoms with van der Waals surface area (Å²) in [5.41, 5.74) is 1.98. The van der Waals surface area contributed by atoms with E-state index in [9.17, 15) is 13.6 Å². The molecule has 0 N–H and O–H groups in total. The molecular weight excluding hydrogens is 242 g/mol. The van der Waals surface area contributed by atoms with E-state index >= 15 is 0 Å². The van der Waals surface area contributed by atoms with Crippen molar-refractivity contribution in [2.24, 2.45) is 0 Å². The van der Waals surface area contributed by atoms with Gasteiger partial charge in [0.1, 0.15) is 5.82 Å². The number of halogens is 2. The van der Waals surface area contributed by atoms with E-state index in [-0.39, 0.29) is 11.3 Å². The van der Waals surface area contributed by atoms with Gasteiger partial charge in [-0.1, -0.05) is 12.1 Å². The lowest BCUT2D eigenvalue weighted by atomic mass is 10.0. The minimum atomic E-state index is -0.571. The van der Waals surface area contributed by atoms with Crippen LogP contribution in [0.4, 0.5) is 8.78 Å². The van der Waals surface area contributed by atoms with Crippen LogP contribution in [-0.4, -0.2) is 5.78 Å². The normalized spacial score (nSPS) is 14.1. The van der Waals surface area contributed by atoms with E-state index in [0.29, 0.717) is 17.5 Å². The average Bonchev–Trinajstić information content (AvgIpc) is 2.84. The van der Waals surface area contributed by atoms with Crippen LogP contribution in [0.25, 0.3) is 11.1 Å². The van der Waals surface area contributed by atoms with Crippen molar-refractivity contribution in [1.29, 1.82) is 0 Å². The zero-order valence-electron chi connectivity index (χ0n) is 8.80. The summed E-state index contributed by atoms with van der Waals surface area (Å²) >= 11 is 0.733. The lowest BCUT2D eigenvalue weighted by Crippen LogP contribution is -1.92. The molecule has 17 heavy (non-hydrogen) atoms. The van der Waals surface area contributed by atoms with Crippen molar-refractivity contribution in [3.63, 3.8) is 0 Å². The first-order valence-corrected chi connectivity index (χ1v) is 6.14. The average molecular weight is 250 g/mol. The minimum absolute atomic E-state index is 0.0301. The monoisotopic (exact) mass is 250 g/mol. The topological polar surface area (TPSA) is 17.1 Å². The molecule has 0 aliphatic heterocycles. The van der Waals surface area contributed by atoms with Gasteiger partial charge in [0.2, 0.25) is 0 Å². The van der Waals surface area contributed by atoms with Crippen LogP contribution in [-0.2, 0) is 6.42 Å². The SMILES string of the molecule is O=C1CCc2ccc(-c3c(F)csc3F)cc21. The van der Waals surface area contributed by atoms with E-state index in [1.54, 1.807) is 18.2 Å². The molecule has 0 unspecified atom stereocenters. The number of hydrogen-bond acceptors (Lipinski definition) is 2. The highest BCUT2D eigenvalue weighted by Gasteiger charge is 2.21. The summed E-state index contributed by atoms with van der Waals surface area (Å²) in [6.45, 7) is 0. The highest BCUT2D eigenvalue weighted by atomic mass is 32.1. The summed E-state index contributed by atoms with van der Waals surface area (Å²) in [6.07, 6.45) is 1.22. The molecule has 0 bridgehead atoms. The summed E-state index contributed by atoms with van der Waals surface area (Å²) in [6, 6.07) is 5.05. The smallest absolute Gasteiger partial charge is 0.187 e. The van der Waals surface area contributed by atoms with Crippen LogP contribution in [0.5, 0.6) is 0 Å². The van der Waals surface area contributed by atoms with Crippen LogP contribution in [0.3, 0.4) is 0 Å². The van der Waals surface area contributed by atoms with Crippen LogP contribution in [0.2, 0.25) is 0 Å². The zero-order chi connectivity index (χ0) is 12.0. The fourth-order valence-corrected chi connectivity index (χ4v) is 2.82. The standard InChI is InChI=1S/C13H8F2OS/c14-10-6-17-13(15)12(10)8-2-1-7-3-4-11(16)9(7)5-8/h1-2,5-6H,3-4H2. The second-order valence-electron chi connectivity index (χ2n) is 4.03. The number of aryl methyl sites for hydroxylation is 1. The third kappa shape index (κ3) is 1.60. The van der Waals surface area contributed by atoms with Crippen molar-refractivity contribution in [2.45, 2.75) is 12.8 Å². The molecule has 2 aromatic rings. The number of benzene rings is 1. The highest BCUT2D eigenvalue weighted by Crippen LogP contribution is 2.33. The quantitative estimate of drug-likeness (QED) is 0.752. The first-order valence-electron chi connectivity index (χ1n) is 5.26. The van der Waals surface area contributed by atoms with Crippen LogP contribution >= 0.6 is 11.3 Å². The second kappa shape index (κ2) is 3.74. The Kier molecular flexibility index (Phi) is 2.33. The number of fused-ring (bicyclic) bond motifs is 1. The molecule has 1 aromatic carbocycles. The summed E-state index contributed by atoms with van der Waals surface area (Å²) in [4.78, 5) is 11.6. The molecule has 4 heteroatoms. The fourth-order valence-electron chi connectivity index (χ4n) is 2.16. The summed E-state index contributed by atoms with van der Waals surface area (Å²) in [5.74, 6) is -0.518. The lowest BCUT2D eigenvalue weighted by molar-refractivity contribution is 0.0994. The first kappa shape index (κ1) is 10.6. The van der Waals surface area contributed by atoms with E-state index in [1.165, 1.54) is 0 Å². The van der Waals surface area contributed by atoms with E-state index in [1.807, 2.05) is 0 Å². The first-order chi connectivity index (χ1) is 8.16. The molecule has 0 radical (unpaired) electrons. The molecule has 0 saturated carbocycles. The van der Waals surface area contributed by atoms with Crippen LogP contribution in [0.15, 0.2) is 23.6 Å². The number of thiophene rings is 1. The van der Waals surface area contributed by atoms with Crippen molar-refractivity contribution in [3.8, 4) is 11.1 Å². The Morgan fingerprint density at radius 2 is 2.00 bits per heavy atom. The Morgan fingerprint density at radius 1 is 1.18 bits per heavy atom. The molecule has 1 heterocycles.